The van der Waals surface area contributed by atoms with E-state index in [1.165, 1.54) is 10.6 Å². The van der Waals surface area contributed by atoms with Crippen LogP contribution in [-0.2, 0) is 11.3 Å². The van der Waals surface area contributed by atoms with Gasteiger partial charge in [-0.25, -0.2) is 4.98 Å². The summed E-state index contributed by atoms with van der Waals surface area (Å²) in [4.78, 5) is 22.8. The van der Waals surface area contributed by atoms with E-state index in [1.807, 2.05) is 4.90 Å². The highest BCUT2D eigenvalue weighted by atomic mass is 32.1. The largest absolute Gasteiger partial charge is 0.303 e. The average Bonchev–Trinajstić information content (AvgIpc) is 3.23. The van der Waals surface area contributed by atoms with Crippen molar-refractivity contribution >= 4 is 33.6 Å². The minimum atomic E-state index is 0.139. The first kappa shape index (κ1) is 15.3. The van der Waals surface area contributed by atoms with Crippen molar-refractivity contribution in [1.29, 1.82) is 0 Å². The fraction of sp³-hybridized carbons (Fsp3) is 0.529. The zero-order valence-corrected chi connectivity index (χ0v) is 15.2. The molecule has 0 bridgehead atoms. The molecule has 0 N–H and O–H groups in total. The molecule has 6 heteroatoms. The van der Waals surface area contributed by atoms with Crippen molar-refractivity contribution in [1.82, 2.24) is 9.88 Å². The van der Waals surface area contributed by atoms with Gasteiger partial charge in [0.25, 0.3) is 0 Å². The number of nitrogens with zero attached hydrogens (tertiary/aromatic N) is 3. The number of aryl methyl sites for hydroxylation is 2. The van der Waals surface area contributed by atoms with Crippen molar-refractivity contribution < 1.29 is 4.79 Å². The van der Waals surface area contributed by atoms with Crippen molar-refractivity contribution in [2.24, 2.45) is 5.41 Å². The summed E-state index contributed by atoms with van der Waals surface area (Å²) in [5.41, 5.74) is 1.31. The van der Waals surface area contributed by atoms with Gasteiger partial charge in [0.15, 0.2) is 0 Å². The van der Waals surface area contributed by atoms with Crippen LogP contribution >= 0.6 is 22.7 Å². The van der Waals surface area contributed by atoms with Crippen LogP contribution in [0.2, 0.25) is 0 Å². The molecule has 4 heterocycles. The van der Waals surface area contributed by atoms with Crippen molar-refractivity contribution in [3.63, 3.8) is 0 Å². The SMILES string of the molecule is Cc1ccc(N2CC3(CCN(Cc4csc(C)n4)C3)CC2=O)s1. The van der Waals surface area contributed by atoms with E-state index in [-0.39, 0.29) is 5.41 Å². The van der Waals surface area contributed by atoms with Gasteiger partial charge in [0.1, 0.15) is 0 Å². The third-order valence-electron chi connectivity index (χ3n) is 4.88. The molecule has 1 spiro atoms. The van der Waals surface area contributed by atoms with Crippen molar-refractivity contribution in [3.8, 4) is 0 Å². The van der Waals surface area contributed by atoms with Gasteiger partial charge in [-0.15, -0.1) is 22.7 Å². The lowest BCUT2D eigenvalue weighted by molar-refractivity contribution is -0.117. The second kappa shape index (κ2) is 5.69. The molecule has 2 saturated heterocycles. The summed E-state index contributed by atoms with van der Waals surface area (Å²) in [6.07, 6.45) is 1.80. The van der Waals surface area contributed by atoms with Crippen LogP contribution in [0.25, 0.3) is 0 Å². The zero-order valence-electron chi connectivity index (χ0n) is 13.5. The van der Waals surface area contributed by atoms with E-state index in [9.17, 15) is 4.79 Å². The number of anilines is 1. The summed E-state index contributed by atoms with van der Waals surface area (Å²) < 4.78 is 0. The van der Waals surface area contributed by atoms with Gasteiger partial charge in [-0.2, -0.15) is 0 Å². The van der Waals surface area contributed by atoms with E-state index in [0.29, 0.717) is 12.3 Å². The molecule has 0 saturated carbocycles. The second-order valence-corrected chi connectivity index (χ2v) is 9.19. The van der Waals surface area contributed by atoms with Gasteiger partial charge < -0.3 is 4.90 Å². The molecule has 2 aliphatic heterocycles. The van der Waals surface area contributed by atoms with Gasteiger partial charge in [0.2, 0.25) is 5.91 Å². The Kier molecular flexibility index (Phi) is 3.78. The number of thiophene rings is 1. The summed E-state index contributed by atoms with van der Waals surface area (Å²) in [5.74, 6) is 0.290. The first-order valence-corrected chi connectivity index (χ1v) is 9.73. The number of hydrogen-bond donors (Lipinski definition) is 0. The summed E-state index contributed by atoms with van der Waals surface area (Å²) in [6, 6.07) is 4.19. The predicted molar refractivity (Wildman–Crippen MR) is 95.2 cm³/mol. The fourth-order valence-corrected chi connectivity index (χ4v) is 5.29. The molecule has 2 aliphatic rings. The normalized spacial score (nSPS) is 25.1. The molecule has 1 atom stereocenters. The molecule has 2 fully saturated rings. The van der Waals surface area contributed by atoms with E-state index in [0.717, 1.165) is 42.6 Å². The molecule has 4 nitrogen and oxygen atoms in total. The zero-order chi connectivity index (χ0) is 16.0. The molecule has 1 unspecified atom stereocenters. The minimum absolute atomic E-state index is 0.139. The van der Waals surface area contributed by atoms with Crippen LogP contribution in [0.4, 0.5) is 5.00 Å². The van der Waals surface area contributed by atoms with Crippen LogP contribution in [0, 0.1) is 19.3 Å². The monoisotopic (exact) mass is 347 g/mol. The molecular formula is C17H21N3OS2. The predicted octanol–water partition coefficient (Wildman–Crippen LogP) is 3.45. The fourth-order valence-electron chi connectivity index (χ4n) is 3.81. The number of carbonyl (C=O) groups is 1. The summed E-state index contributed by atoms with van der Waals surface area (Å²) in [7, 11) is 0. The highest BCUT2D eigenvalue weighted by Crippen LogP contribution is 2.43. The van der Waals surface area contributed by atoms with Gasteiger partial charge >= 0.3 is 0 Å². The Hall–Kier alpha value is -1.24. The van der Waals surface area contributed by atoms with Gasteiger partial charge in [0.05, 0.1) is 15.7 Å². The van der Waals surface area contributed by atoms with E-state index in [4.69, 9.17) is 0 Å². The molecule has 0 aliphatic carbocycles. The molecule has 1 amide bonds. The van der Waals surface area contributed by atoms with Crippen LogP contribution in [0.5, 0.6) is 0 Å². The molecule has 0 aromatic carbocycles. The minimum Gasteiger partial charge on any atom is -0.303 e. The lowest BCUT2D eigenvalue weighted by Gasteiger charge is -2.23. The maximum absolute atomic E-state index is 12.5. The van der Waals surface area contributed by atoms with E-state index in [1.54, 1.807) is 22.7 Å². The lowest BCUT2D eigenvalue weighted by atomic mass is 9.86. The number of likely N-dealkylation sites (tertiary alicyclic amines) is 1. The van der Waals surface area contributed by atoms with Crippen molar-refractivity contribution in [3.05, 3.63) is 33.1 Å². The third-order valence-corrected chi connectivity index (χ3v) is 6.73. The maximum atomic E-state index is 12.5. The molecule has 2 aromatic rings. The van der Waals surface area contributed by atoms with Gasteiger partial charge in [-0.05, 0) is 38.9 Å². The highest BCUT2D eigenvalue weighted by molar-refractivity contribution is 7.16. The average molecular weight is 348 g/mol. The first-order valence-electron chi connectivity index (χ1n) is 8.03. The van der Waals surface area contributed by atoms with Crippen LogP contribution in [0.3, 0.4) is 0 Å². The van der Waals surface area contributed by atoms with Crippen molar-refractivity contribution in [2.45, 2.75) is 33.2 Å². The number of aromatic nitrogens is 1. The van der Waals surface area contributed by atoms with Crippen LogP contribution in [-0.4, -0.2) is 35.4 Å². The summed E-state index contributed by atoms with van der Waals surface area (Å²) in [5, 5.41) is 4.39. The quantitative estimate of drug-likeness (QED) is 0.853. The first-order chi connectivity index (χ1) is 11.0. The molecule has 23 heavy (non-hydrogen) atoms. The Bertz CT molecular complexity index is 738. The number of amides is 1. The molecule has 122 valence electrons. The third kappa shape index (κ3) is 2.95. The topological polar surface area (TPSA) is 36.4 Å². The van der Waals surface area contributed by atoms with Gasteiger partial charge in [0, 0.05) is 41.7 Å². The van der Waals surface area contributed by atoms with Gasteiger partial charge in [-0.3, -0.25) is 9.69 Å². The Morgan fingerprint density at radius 2 is 2.17 bits per heavy atom. The Labute approximate surface area is 144 Å². The molecule has 4 rings (SSSR count). The number of rotatable bonds is 3. The standard InChI is InChI=1S/C17H21N3OS2/c1-12-3-4-16(23-12)20-11-17(7-15(20)21)5-6-19(10-17)8-14-9-22-13(2)18-14/h3-4,9H,5-8,10-11H2,1-2H3. The second-order valence-electron chi connectivity index (χ2n) is 6.86. The number of carbonyl (C=O) groups excluding carboxylic acids is 1. The lowest BCUT2D eigenvalue weighted by Crippen LogP contribution is -2.30. The molecule has 0 radical (unpaired) electrons. The Balaban J connectivity index is 1.45. The smallest absolute Gasteiger partial charge is 0.228 e. The number of hydrogen-bond acceptors (Lipinski definition) is 5. The van der Waals surface area contributed by atoms with E-state index < -0.39 is 0 Å². The molecular weight excluding hydrogens is 326 g/mol. The Morgan fingerprint density at radius 1 is 1.30 bits per heavy atom. The highest BCUT2D eigenvalue weighted by Gasteiger charge is 2.48. The van der Waals surface area contributed by atoms with Gasteiger partial charge in [-0.1, -0.05) is 0 Å². The summed E-state index contributed by atoms with van der Waals surface area (Å²) >= 11 is 3.43. The Morgan fingerprint density at radius 3 is 2.87 bits per heavy atom. The van der Waals surface area contributed by atoms with Crippen LogP contribution in [0.15, 0.2) is 17.5 Å². The summed E-state index contributed by atoms with van der Waals surface area (Å²) in [6.45, 7) is 8.02. The number of thiazole rings is 1. The molecule has 2 aromatic heterocycles. The maximum Gasteiger partial charge on any atom is 0.228 e. The van der Waals surface area contributed by atoms with Crippen molar-refractivity contribution in [2.75, 3.05) is 24.5 Å². The van der Waals surface area contributed by atoms with E-state index >= 15 is 0 Å². The van der Waals surface area contributed by atoms with Crippen LogP contribution in [0.1, 0.15) is 28.4 Å². The van der Waals surface area contributed by atoms with E-state index in [2.05, 4.69) is 41.2 Å². The van der Waals surface area contributed by atoms with Crippen LogP contribution < -0.4 is 4.90 Å².